The summed E-state index contributed by atoms with van der Waals surface area (Å²) in [4.78, 5) is 7.61. The van der Waals surface area contributed by atoms with Gasteiger partial charge in [0, 0.05) is 44.3 Å². The van der Waals surface area contributed by atoms with Crippen molar-refractivity contribution in [3.8, 4) is 0 Å². The lowest BCUT2D eigenvalue weighted by molar-refractivity contribution is 0.203. The second-order valence-electron chi connectivity index (χ2n) is 5.18. The fourth-order valence-electron chi connectivity index (χ4n) is 2.58. The fourth-order valence-corrected chi connectivity index (χ4v) is 2.58. The van der Waals surface area contributed by atoms with Gasteiger partial charge in [0.25, 0.3) is 0 Å². The molecule has 2 rings (SSSR count). The molecule has 1 aromatic heterocycles. The maximum absolute atomic E-state index is 5.02. The molecule has 5 nitrogen and oxygen atoms in total. The first-order valence-corrected chi connectivity index (χ1v) is 7.81. The van der Waals surface area contributed by atoms with E-state index < -0.39 is 0 Å². The van der Waals surface area contributed by atoms with Crippen molar-refractivity contribution in [2.75, 3.05) is 33.9 Å². The first-order chi connectivity index (χ1) is 10.8. The summed E-state index contributed by atoms with van der Waals surface area (Å²) in [5.41, 5.74) is 3.97. The summed E-state index contributed by atoms with van der Waals surface area (Å²) in [7, 11) is 3.47. The Morgan fingerprint density at radius 1 is 1.22 bits per heavy atom. The van der Waals surface area contributed by atoms with Gasteiger partial charge in [-0.15, -0.1) is 24.0 Å². The third-order valence-electron chi connectivity index (χ3n) is 3.78. The van der Waals surface area contributed by atoms with Crippen molar-refractivity contribution in [3.63, 3.8) is 0 Å². The average molecular weight is 430 g/mol. The van der Waals surface area contributed by atoms with Crippen LogP contribution in [0.25, 0.3) is 10.9 Å². The van der Waals surface area contributed by atoms with E-state index in [-0.39, 0.29) is 24.0 Å². The van der Waals surface area contributed by atoms with Crippen LogP contribution in [0.5, 0.6) is 0 Å². The van der Waals surface area contributed by atoms with Gasteiger partial charge in [-0.3, -0.25) is 4.99 Å². The molecule has 3 N–H and O–H groups in total. The van der Waals surface area contributed by atoms with E-state index in [0.29, 0.717) is 6.61 Å². The number of guanidine groups is 1. The van der Waals surface area contributed by atoms with E-state index in [4.69, 9.17) is 4.74 Å². The maximum atomic E-state index is 5.02. The van der Waals surface area contributed by atoms with Crippen molar-refractivity contribution in [1.29, 1.82) is 0 Å². The predicted octanol–water partition coefficient (Wildman–Crippen LogP) is 2.70. The van der Waals surface area contributed by atoms with Crippen molar-refractivity contribution in [2.45, 2.75) is 19.8 Å². The molecule has 0 amide bonds. The summed E-state index contributed by atoms with van der Waals surface area (Å²) >= 11 is 0. The highest BCUT2D eigenvalue weighted by atomic mass is 127. The maximum Gasteiger partial charge on any atom is 0.191 e. The van der Waals surface area contributed by atoms with Gasteiger partial charge >= 0.3 is 0 Å². The summed E-state index contributed by atoms with van der Waals surface area (Å²) in [6, 6.07) is 6.51. The Labute approximate surface area is 155 Å². The second kappa shape index (κ2) is 10.5. The largest absolute Gasteiger partial charge is 0.383 e. The highest BCUT2D eigenvalue weighted by Gasteiger charge is 2.06. The SMILES string of the molecule is CCc1cccc2c(CCNC(=NC)NCCOC)c[nH]c12.I. The van der Waals surface area contributed by atoms with Crippen LogP contribution >= 0.6 is 24.0 Å². The van der Waals surface area contributed by atoms with Gasteiger partial charge in [-0.1, -0.05) is 25.1 Å². The minimum Gasteiger partial charge on any atom is -0.383 e. The van der Waals surface area contributed by atoms with E-state index in [1.54, 1.807) is 14.2 Å². The van der Waals surface area contributed by atoms with Gasteiger partial charge < -0.3 is 20.4 Å². The van der Waals surface area contributed by atoms with Crippen LogP contribution in [0.15, 0.2) is 29.4 Å². The molecule has 6 heteroatoms. The third kappa shape index (κ3) is 5.39. The number of benzene rings is 1. The number of aromatic amines is 1. The topological polar surface area (TPSA) is 61.4 Å². The van der Waals surface area contributed by atoms with Gasteiger partial charge in [0.1, 0.15) is 0 Å². The molecule has 1 aromatic carbocycles. The van der Waals surface area contributed by atoms with Crippen LogP contribution in [0.1, 0.15) is 18.1 Å². The van der Waals surface area contributed by atoms with E-state index in [0.717, 1.165) is 31.9 Å². The number of rotatable bonds is 7. The van der Waals surface area contributed by atoms with Gasteiger partial charge in [-0.25, -0.2) is 0 Å². The van der Waals surface area contributed by atoms with Crippen LogP contribution in [0.4, 0.5) is 0 Å². The van der Waals surface area contributed by atoms with Crippen LogP contribution in [-0.4, -0.2) is 44.8 Å². The van der Waals surface area contributed by atoms with Crippen LogP contribution in [-0.2, 0) is 17.6 Å². The average Bonchev–Trinajstić information content (AvgIpc) is 2.96. The highest BCUT2D eigenvalue weighted by Crippen LogP contribution is 2.22. The number of methoxy groups -OCH3 is 1. The predicted molar refractivity (Wildman–Crippen MR) is 108 cm³/mol. The molecule has 0 atom stereocenters. The molecule has 0 unspecified atom stereocenters. The lowest BCUT2D eigenvalue weighted by Gasteiger charge is -2.11. The van der Waals surface area contributed by atoms with E-state index in [1.165, 1.54) is 22.0 Å². The van der Waals surface area contributed by atoms with Gasteiger partial charge in [-0.05, 0) is 24.0 Å². The zero-order chi connectivity index (χ0) is 15.8. The summed E-state index contributed by atoms with van der Waals surface area (Å²) < 4.78 is 5.02. The number of aromatic nitrogens is 1. The molecule has 1 heterocycles. The zero-order valence-corrected chi connectivity index (χ0v) is 16.4. The van der Waals surface area contributed by atoms with Crippen LogP contribution < -0.4 is 10.6 Å². The Morgan fingerprint density at radius 3 is 2.70 bits per heavy atom. The summed E-state index contributed by atoms with van der Waals surface area (Å²) in [6.07, 6.45) is 4.12. The van der Waals surface area contributed by atoms with Crippen molar-refractivity contribution < 1.29 is 4.74 Å². The number of ether oxygens (including phenoxy) is 1. The molecule has 0 aliphatic heterocycles. The molecule has 23 heavy (non-hydrogen) atoms. The normalized spacial score (nSPS) is 11.3. The standard InChI is InChI=1S/C17H26N4O.HI/c1-4-13-6-5-7-15-14(12-21-16(13)15)8-9-19-17(18-2)20-10-11-22-3;/h5-7,12,21H,4,8-11H2,1-3H3,(H2,18,19,20);1H. The molecular weight excluding hydrogens is 403 g/mol. The summed E-state index contributed by atoms with van der Waals surface area (Å²) in [5.74, 6) is 0.811. The van der Waals surface area contributed by atoms with E-state index in [2.05, 4.69) is 51.9 Å². The number of nitrogens with one attached hydrogen (secondary N) is 3. The lowest BCUT2D eigenvalue weighted by atomic mass is 10.1. The third-order valence-corrected chi connectivity index (χ3v) is 3.78. The van der Waals surface area contributed by atoms with Crippen molar-refractivity contribution in [1.82, 2.24) is 15.6 Å². The molecule has 128 valence electrons. The number of fused-ring (bicyclic) bond motifs is 1. The Hall–Kier alpha value is -1.28. The highest BCUT2D eigenvalue weighted by molar-refractivity contribution is 14.0. The minimum atomic E-state index is 0. The van der Waals surface area contributed by atoms with Crippen LogP contribution in [0.2, 0.25) is 0 Å². The van der Waals surface area contributed by atoms with E-state index in [9.17, 15) is 0 Å². The summed E-state index contributed by atoms with van der Waals surface area (Å²) in [6.45, 7) is 4.45. The Bertz CT molecular complexity index is 624. The molecule has 2 aromatic rings. The van der Waals surface area contributed by atoms with Crippen LogP contribution in [0.3, 0.4) is 0 Å². The van der Waals surface area contributed by atoms with Gasteiger partial charge in [-0.2, -0.15) is 0 Å². The molecule has 0 aliphatic carbocycles. The van der Waals surface area contributed by atoms with Gasteiger partial charge in [0.15, 0.2) is 5.96 Å². The monoisotopic (exact) mass is 430 g/mol. The number of hydrogen-bond acceptors (Lipinski definition) is 2. The number of halogens is 1. The molecule has 0 saturated carbocycles. The number of aryl methyl sites for hydroxylation is 1. The molecule has 0 fully saturated rings. The fraction of sp³-hybridized carbons (Fsp3) is 0.471. The quantitative estimate of drug-likeness (QED) is 0.274. The number of nitrogens with zero attached hydrogens (tertiary/aromatic N) is 1. The van der Waals surface area contributed by atoms with Gasteiger partial charge in [0.05, 0.1) is 6.61 Å². The molecular formula is C17H27IN4O. The Kier molecular flexibility index (Phi) is 9.01. The Balaban J connectivity index is 0.00000264. The van der Waals surface area contributed by atoms with E-state index in [1.807, 2.05) is 0 Å². The smallest absolute Gasteiger partial charge is 0.191 e. The summed E-state index contributed by atoms with van der Waals surface area (Å²) in [5, 5.41) is 7.86. The number of aliphatic imine (C=N–C) groups is 1. The molecule has 0 radical (unpaired) electrons. The second-order valence-corrected chi connectivity index (χ2v) is 5.18. The van der Waals surface area contributed by atoms with E-state index >= 15 is 0 Å². The van der Waals surface area contributed by atoms with Crippen molar-refractivity contribution >= 4 is 40.8 Å². The first kappa shape index (κ1) is 19.8. The molecule has 0 spiro atoms. The molecule has 0 bridgehead atoms. The first-order valence-electron chi connectivity index (χ1n) is 7.81. The molecule has 0 aliphatic rings. The number of hydrogen-bond donors (Lipinski definition) is 3. The minimum absolute atomic E-state index is 0. The van der Waals surface area contributed by atoms with Crippen molar-refractivity contribution in [3.05, 3.63) is 35.5 Å². The van der Waals surface area contributed by atoms with Crippen LogP contribution in [0, 0.1) is 0 Å². The van der Waals surface area contributed by atoms with Crippen molar-refractivity contribution in [2.24, 2.45) is 4.99 Å². The van der Waals surface area contributed by atoms with Gasteiger partial charge in [0.2, 0.25) is 0 Å². The number of H-pyrrole nitrogens is 1. The molecule has 0 saturated heterocycles. The lowest BCUT2D eigenvalue weighted by Crippen LogP contribution is -2.39. The zero-order valence-electron chi connectivity index (χ0n) is 14.1. The Morgan fingerprint density at radius 2 is 2.00 bits per heavy atom. The number of para-hydroxylation sites is 1.